The Kier molecular flexibility index (Phi) is 8.97. The fraction of sp³-hybridized carbons (Fsp3) is 0.568. The monoisotopic (exact) mass is 698 g/mol. The number of ether oxygens (including phenoxy) is 2. The number of nitrogens with zero attached hydrogens (tertiary/aromatic N) is 3. The molecule has 264 valence electrons. The van der Waals surface area contributed by atoms with Crippen molar-refractivity contribution in [3.8, 4) is 17.1 Å². The molecule has 4 aliphatic rings. The van der Waals surface area contributed by atoms with Crippen LogP contribution < -0.4 is 9.46 Å². The molecule has 1 N–H and O–H groups in total. The van der Waals surface area contributed by atoms with E-state index in [1.54, 1.807) is 25.3 Å². The first-order valence-electron chi connectivity index (χ1n) is 17.3. The van der Waals surface area contributed by atoms with Gasteiger partial charge >= 0.3 is 6.18 Å². The molecule has 3 heterocycles. The number of fused-ring (bicyclic) bond motifs is 4. The van der Waals surface area contributed by atoms with Crippen LogP contribution in [0.5, 0.6) is 5.88 Å². The van der Waals surface area contributed by atoms with Gasteiger partial charge in [-0.1, -0.05) is 30.3 Å². The fourth-order valence-corrected chi connectivity index (χ4v) is 9.81. The molecule has 12 heteroatoms. The molecule has 7 rings (SSSR count). The van der Waals surface area contributed by atoms with Crippen molar-refractivity contribution in [2.24, 2.45) is 22.7 Å². The highest BCUT2D eigenvalue weighted by atomic mass is 32.2. The second-order valence-corrected chi connectivity index (χ2v) is 16.6. The van der Waals surface area contributed by atoms with Crippen LogP contribution in [0.15, 0.2) is 53.4 Å². The summed E-state index contributed by atoms with van der Waals surface area (Å²) < 4.78 is 85.6. The van der Waals surface area contributed by atoms with Gasteiger partial charge in [0.25, 0.3) is 10.0 Å². The summed E-state index contributed by atoms with van der Waals surface area (Å²) in [5.74, 6) is -0.751. The molecule has 1 unspecified atom stereocenters. The number of aromatic nitrogens is 2. The zero-order chi connectivity index (χ0) is 34.6. The smallest absolute Gasteiger partial charge is 0.394 e. The second-order valence-electron chi connectivity index (χ2n) is 14.9. The summed E-state index contributed by atoms with van der Waals surface area (Å²) in [6, 6.07) is 14.2. The standard InChI is InChI=1S/C37H45F3N4O4S/c1-24-6-4-7-25(2)32(24)30-19-31-42-34(41-30)43-49(45,46)29-9-5-8-26(18-29)33(28(23-48-31)22-36(10-11-36)37(38,39)40)27-20-35(21-27)12-14-44(15-13-35)16-17-47-3/h4-9,18-19,27-28,33H,10-17,20-23H2,1-3H3,(H,41,42,43)/t28-,33?/m1/s1. The fourth-order valence-electron chi connectivity index (χ4n) is 8.81. The third-order valence-corrected chi connectivity index (χ3v) is 13.0. The van der Waals surface area contributed by atoms with E-state index >= 15 is 0 Å². The molecule has 4 bridgehead atoms. The maximum atomic E-state index is 14.6. The molecule has 1 spiro atoms. The van der Waals surface area contributed by atoms with Crippen molar-refractivity contribution in [1.82, 2.24) is 14.9 Å². The van der Waals surface area contributed by atoms with Crippen LogP contribution in [0.4, 0.5) is 19.1 Å². The molecule has 3 aromatic rings. The number of nitrogens with one attached hydrogen (secondary N) is 1. The zero-order valence-electron chi connectivity index (χ0n) is 28.4. The topological polar surface area (TPSA) is 93.7 Å². The molecule has 49 heavy (non-hydrogen) atoms. The van der Waals surface area contributed by atoms with Gasteiger partial charge in [-0.25, -0.2) is 18.1 Å². The Labute approximate surface area is 286 Å². The highest BCUT2D eigenvalue weighted by Gasteiger charge is 2.64. The van der Waals surface area contributed by atoms with Gasteiger partial charge < -0.3 is 14.4 Å². The summed E-state index contributed by atoms with van der Waals surface area (Å²) in [7, 11) is -2.43. The van der Waals surface area contributed by atoms with Crippen LogP contribution in [0.1, 0.15) is 67.6 Å². The number of rotatable bonds is 7. The van der Waals surface area contributed by atoms with Gasteiger partial charge in [0, 0.05) is 31.2 Å². The molecule has 2 aliphatic carbocycles. The first kappa shape index (κ1) is 34.2. The van der Waals surface area contributed by atoms with E-state index in [-0.39, 0.29) is 59.8 Å². The van der Waals surface area contributed by atoms with Gasteiger partial charge in [-0.3, -0.25) is 0 Å². The Bertz CT molecular complexity index is 1780. The van der Waals surface area contributed by atoms with Gasteiger partial charge in [-0.2, -0.15) is 18.2 Å². The second kappa shape index (κ2) is 12.8. The Morgan fingerprint density at radius 3 is 2.35 bits per heavy atom. The predicted octanol–water partition coefficient (Wildman–Crippen LogP) is 7.52. The SMILES string of the molecule is COCCN1CCC2(CC1)CC(C1c3cccc(c3)S(=O)(=O)Nc3nc(cc(-c4c(C)cccc4C)n3)OC[C@H]1CC1(C(F)(F)F)CC1)C2. The lowest BCUT2D eigenvalue weighted by atomic mass is 9.52. The van der Waals surface area contributed by atoms with Crippen molar-refractivity contribution >= 4 is 16.0 Å². The largest absolute Gasteiger partial charge is 0.477 e. The van der Waals surface area contributed by atoms with E-state index in [1.165, 1.54) is 6.07 Å². The van der Waals surface area contributed by atoms with Crippen LogP contribution in [-0.4, -0.2) is 69.4 Å². The Morgan fingerprint density at radius 2 is 1.69 bits per heavy atom. The minimum Gasteiger partial charge on any atom is -0.477 e. The molecule has 0 amide bonds. The van der Waals surface area contributed by atoms with E-state index in [4.69, 9.17) is 9.47 Å². The number of anilines is 1. The van der Waals surface area contributed by atoms with Gasteiger partial charge in [-0.15, -0.1) is 0 Å². The molecule has 1 aromatic heterocycles. The van der Waals surface area contributed by atoms with E-state index in [1.807, 2.05) is 38.1 Å². The molecule has 0 radical (unpaired) electrons. The molecule has 1 saturated heterocycles. The van der Waals surface area contributed by atoms with Gasteiger partial charge in [-0.05, 0) is 118 Å². The molecule has 2 aliphatic heterocycles. The third-order valence-electron chi connectivity index (χ3n) is 11.7. The number of alkyl halides is 3. The molecule has 2 aromatic carbocycles. The molecule has 8 nitrogen and oxygen atoms in total. The number of piperidine rings is 1. The van der Waals surface area contributed by atoms with Crippen molar-refractivity contribution in [3.05, 3.63) is 65.2 Å². The van der Waals surface area contributed by atoms with Gasteiger partial charge in [0.2, 0.25) is 11.8 Å². The van der Waals surface area contributed by atoms with Crippen LogP contribution in [-0.2, 0) is 14.8 Å². The first-order chi connectivity index (χ1) is 23.3. The average molecular weight is 699 g/mol. The highest BCUT2D eigenvalue weighted by Crippen LogP contribution is 2.65. The van der Waals surface area contributed by atoms with Gasteiger partial charge in [0.1, 0.15) is 0 Å². The predicted molar refractivity (Wildman–Crippen MR) is 181 cm³/mol. The van der Waals surface area contributed by atoms with Crippen molar-refractivity contribution in [2.45, 2.75) is 75.8 Å². The lowest BCUT2D eigenvalue weighted by Crippen LogP contribution is -2.50. The number of benzene rings is 2. The number of aryl methyl sites for hydroxylation is 2. The van der Waals surface area contributed by atoms with E-state index in [0.717, 1.165) is 67.6 Å². The lowest BCUT2D eigenvalue weighted by molar-refractivity contribution is -0.194. The number of likely N-dealkylation sites (tertiary alicyclic amines) is 1. The highest BCUT2D eigenvalue weighted by molar-refractivity contribution is 7.92. The van der Waals surface area contributed by atoms with Crippen LogP contribution >= 0.6 is 0 Å². The number of hydrogen-bond donors (Lipinski definition) is 1. The lowest BCUT2D eigenvalue weighted by Gasteiger charge is -2.56. The van der Waals surface area contributed by atoms with Crippen LogP contribution in [0, 0.1) is 36.5 Å². The summed E-state index contributed by atoms with van der Waals surface area (Å²) in [4.78, 5) is 11.5. The van der Waals surface area contributed by atoms with Gasteiger partial charge in [0.15, 0.2) is 0 Å². The quantitative estimate of drug-likeness (QED) is 0.273. The van der Waals surface area contributed by atoms with Crippen LogP contribution in [0.2, 0.25) is 0 Å². The summed E-state index contributed by atoms with van der Waals surface area (Å²) in [5.41, 5.74) is 2.31. The summed E-state index contributed by atoms with van der Waals surface area (Å²) >= 11 is 0. The maximum Gasteiger partial charge on any atom is 0.394 e. The Balaban J connectivity index is 1.27. The normalized spacial score (nSPS) is 24.5. The Hall–Kier alpha value is -3.22. The van der Waals surface area contributed by atoms with Crippen LogP contribution in [0.25, 0.3) is 11.3 Å². The van der Waals surface area contributed by atoms with Crippen LogP contribution in [0.3, 0.4) is 0 Å². The minimum absolute atomic E-state index is 0.0242. The van der Waals surface area contributed by atoms with Crippen molar-refractivity contribution < 1.29 is 31.1 Å². The first-order valence-corrected chi connectivity index (χ1v) is 18.8. The summed E-state index contributed by atoms with van der Waals surface area (Å²) in [6.45, 7) is 7.44. The molecule has 3 fully saturated rings. The van der Waals surface area contributed by atoms with Crippen molar-refractivity contribution in [3.63, 3.8) is 0 Å². The molecular weight excluding hydrogens is 653 g/mol. The minimum atomic E-state index is -4.33. The van der Waals surface area contributed by atoms with E-state index < -0.39 is 27.5 Å². The summed E-state index contributed by atoms with van der Waals surface area (Å²) in [5, 5.41) is 0. The van der Waals surface area contributed by atoms with E-state index in [9.17, 15) is 21.6 Å². The maximum absolute atomic E-state index is 14.6. The molecule has 2 atom stereocenters. The van der Waals surface area contributed by atoms with Crippen molar-refractivity contribution in [1.29, 1.82) is 0 Å². The zero-order valence-corrected chi connectivity index (χ0v) is 29.2. The number of methoxy groups -OCH3 is 1. The Morgan fingerprint density at radius 1 is 1.00 bits per heavy atom. The van der Waals surface area contributed by atoms with E-state index in [2.05, 4.69) is 19.6 Å². The van der Waals surface area contributed by atoms with Crippen molar-refractivity contribution in [2.75, 3.05) is 44.7 Å². The number of hydrogen-bond acceptors (Lipinski definition) is 7. The third kappa shape index (κ3) is 6.80. The number of halogens is 3. The molecule has 2 saturated carbocycles. The number of sulfonamides is 1. The van der Waals surface area contributed by atoms with E-state index in [0.29, 0.717) is 12.3 Å². The molecular formula is C37H45F3N4O4S. The summed E-state index contributed by atoms with van der Waals surface area (Å²) in [6.07, 6.45) is -0.343. The van der Waals surface area contributed by atoms with Gasteiger partial charge in [0.05, 0.1) is 29.2 Å². The average Bonchev–Trinajstić information content (AvgIpc) is 3.83.